The van der Waals surface area contributed by atoms with Gasteiger partial charge in [0.15, 0.2) is 0 Å². The van der Waals surface area contributed by atoms with Crippen molar-refractivity contribution in [1.82, 2.24) is 0 Å². The molecule has 2 aromatic rings. The van der Waals surface area contributed by atoms with Gasteiger partial charge in [0, 0.05) is 20.0 Å². The minimum absolute atomic E-state index is 0.833. The van der Waals surface area contributed by atoms with E-state index in [2.05, 4.69) is 35.0 Å². The standard InChI is InChI=1S/C13H12BrNS2/c1-9-6-7-11(15)13(8-9)17-16-12-5-3-2-4-10(12)14/h2-8H,15H2,1H3. The van der Waals surface area contributed by atoms with Crippen LogP contribution < -0.4 is 5.73 Å². The summed E-state index contributed by atoms with van der Waals surface area (Å²) in [6, 6.07) is 14.3. The highest BCUT2D eigenvalue weighted by molar-refractivity contribution is 9.10. The number of nitrogens with two attached hydrogens (primary N) is 1. The van der Waals surface area contributed by atoms with Gasteiger partial charge in [0.1, 0.15) is 0 Å². The molecular weight excluding hydrogens is 314 g/mol. The lowest BCUT2D eigenvalue weighted by Gasteiger charge is -2.06. The molecule has 17 heavy (non-hydrogen) atoms. The van der Waals surface area contributed by atoms with Gasteiger partial charge in [-0.05, 0) is 52.7 Å². The number of halogens is 1. The number of hydrogen-bond acceptors (Lipinski definition) is 3. The minimum atomic E-state index is 0.833. The molecule has 0 aliphatic carbocycles. The Hall–Kier alpha value is -0.580. The fourth-order valence-corrected chi connectivity index (χ4v) is 4.43. The van der Waals surface area contributed by atoms with Gasteiger partial charge in [-0.15, -0.1) is 0 Å². The first-order chi connectivity index (χ1) is 8.16. The summed E-state index contributed by atoms with van der Waals surface area (Å²) >= 11 is 3.54. The summed E-state index contributed by atoms with van der Waals surface area (Å²) in [5.41, 5.74) is 8.01. The van der Waals surface area contributed by atoms with Crippen molar-refractivity contribution in [3.8, 4) is 0 Å². The smallest absolute Gasteiger partial charge is 0.0461 e. The predicted octanol–water partition coefficient (Wildman–Crippen LogP) is 5.14. The normalized spacial score (nSPS) is 10.5. The maximum atomic E-state index is 5.95. The summed E-state index contributed by atoms with van der Waals surface area (Å²) in [6.07, 6.45) is 0. The summed E-state index contributed by atoms with van der Waals surface area (Å²) in [7, 11) is 3.40. The van der Waals surface area contributed by atoms with Crippen LogP contribution >= 0.6 is 37.5 Å². The maximum absolute atomic E-state index is 5.95. The van der Waals surface area contributed by atoms with Crippen molar-refractivity contribution < 1.29 is 0 Å². The van der Waals surface area contributed by atoms with E-state index >= 15 is 0 Å². The Kier molecular flexibility index (Phi) is 4.42. The van der Waals surface area contributed by atoms with Crippen LogP contribution in [0.5, 0.6) is 0 Å². The predicted molar refractivity (Wildman–Crippen MR) is 81.4 cm³/mol. The molecule has 0 saturated carbocycles. The van der Waals surface area contributed by atoms with E-state index in [0.29, 0.717) is 0 Å². The van der Waals surface area contributed by atoms with E-state index in [4.69, 9.17) is 5.73 Å². The molecule has 2 N–H and O–H groups in total. The molecule has 1 nitrogen and oxygen atoms in total. The van der Waals surface area contributed by atoms with Crippen LogP contribution in [-0.2, 0) is 0 Å². The number of rotatable bonds is 3. The van der Waals surface area contributed by atoms with E-state index in [0.717, 1.165) is 15.1 Å². The molecule has 4 heteroatoms. The van der Waals surface area contributed by atoms with Gasteiger partial charge >= 0.3 is 0 Å². The van der Waals surface area contributed by atoms with Crippen molar-refractivity contribution in [3.05, 3.63) is 52.5 Å². The highest BCUT2D eigenvalue weighted by Crippen LogP contribution is 2.42. The zero-order valence-corrected chi connectivity index (χ0v) is 12.5. The topological polar surface area (TPSA) is 26.0 Å². The monoisotopic (exact) mass is 325 g/mol. The molecule has 0 heterocycles. The zero-order valence-electron chi connectivity index (χ0n) is 9.31. The van der Waals surface area contributed by atoms with Gasteiger partial charge in [0.05, 0.1) is 0 Å². The van der Waals surface area contributed by atoms with Gasteiger partial charge in [0.25, 0.3) is 0 Å². The van der Waals surface area contributed by atoms with Crippen LogP contribution in [0.15, 0.2) is 56.7 Å². The third-order valence-electron chi connectivity index (χ3n) is 2.23. The van der Waals surface area contributed by atoms with Crippen molar-refractivity contribution in [3.63, 3.8) is 0 Å². The van der Waals surface area contributed by atoms with Gasteiger partial charge in [-0.25, -0.2) is 0 Å². The van der Waals surface area contributed by atoms with E-state index in [1.54, 1.807) is 21.6 Å². The van der Waals surface area contributed by atoms with Crippen LogP contribution in [0.3, 0.4) is 0 Å². The SMILES string of the molecule is Cc1ccc(N)c(SSc2ccccc2Br)c1. The highest BCUT2D eigenvalue weighted by atomic mass is 79.9. The second-order valence-corrected chi connectivity index (χ2v) is 6.71. The van der Waals surface area contributed by atoms with Crippen LogP contribution in [-0.4, -0.2) is 0 Å². The first-order valence-corrected chi connectivity index (χ1v) is 8.06. The molecule has 0 aromatic heterocycles. The van der Waals surface area contributed by atoms with Crippen molar-refractivity contribution in [2.75, 3.05) is 5.73 Å². The second-order valence-electron chi connectivity index (χ2n) is 3.64. The molecule has 0 spiro atoms. The Morgan fingerprint density at radius 3 is 2.47 bits per heavy atom. The van der Waals surface area contributed by atoms with Crippen LogP contribution in [0.4, 0.5) is 5.69 Å². The van der Waals surface area contributed by atoms with Crippen molar-refractivity contribution in [2.45, 2.75) is 16.7 Å². The lowest BCUT2D eigenvalue weighted by Crippen LogP contribution is -1.87. The summed E-state index contributed by atoms with van der Waals surface area (Å²) in [5, 5.41) is 0. The lowest BCUT2D eigenvalue weighted by molar-refractivity contribution is 1.37. The molecule has 0 unspecified atom stereocenters. The van der Waals surface area contributed by atoms with Crippen molar-refractivity contribution in [1.29, 1.82) is 0 Å². The van der Waals surface area contributed by atoms with E-state index in [9.17, 15) is 0 Å². The molecule has 2 rings (SSSR count). The van der Waals surface area contributed by atoms with Crippen molar-refractivity contribution >= 4 is 43.2 Å². The first kappa shape index (κ1) is 12.9. The van der Waals surface area contributed by atoms with Gasteiger partial charge in [-0.1, -0.05) is 39.8 Å². The largest absolute Gasteiger partial charge is 0.398 e. The van der Waals surface area contributed by atoms with Gasteiger partial charge in [0.2, 0.25) is 0 Å². The van der Waals surface area contributed by atoms with Crippen LogP contribution in [0.2, 0.25) is 0 Å². The summed E-state index contributed by atoms with van der Waals surface area (Å²) < 4.78 is 1.11. The first-order valence-electron chi connectivity index (χ1n) is 5.12. The number of nitrogen functional groups attached to an aromatic ring is 1. The summed E-state index contributed by atoms with van der Waals surface area (Å²) in [5.74, 6) is 0. The third kappa shape index (κ3) is 3.44. The highest BCUT2D eigenvalue weighted by Gasteiger charge is 2.04. The zero-order chi connectivity index (χ0) is 12.3. The fraction of sp³-hybridized carbons (Fsp3) is 0.0769. The van der Waals surface area contributed by atoms with Gasteiger partial charge in [-0.2, -0.15) is 0 Å². The number of hydrogen-bond donors (Lipinski definition) is 1. The average molecular weight is 326 g/mol. The van der Waals surface area contributed by atoms with E-state index in [-0.39, 0.29) is 0 Å². The average Bonchev–Trinajstić information content (AvgIpc) is 2.32. The van der Waals surface area contributed by atoms with E-state index in [1.807, 2.05) is 30.3 Å². The molecule has 88 valence electrons. The molecule has 0 radical (unpaired) electrons. The molecular formula is C13H12BrNS2. The summed E-state index contributed by atoms with van der Waals surface area (Å²) in [6.45, 7) is 2.08. The van der Waals surface area contributed by atoms with E-state index < -0.39 is 0 Å². The Morgan fingerprint density at radius 1 is 1.00 bits per heavy atom. The second kappa shape index (κ2) is 5.85. The molecule has 2 aromatic carbocycles. The van der Waals surface area contributed by atoms with Crippen LogP contribution in [0.25, 0.3) is 0 Å². The fourth-order valence-electron chi connectivity index (χ4n) is 1.32. The van der Waals surface area contributed by atoms with Gasteiger partial charge < -0.3 is 5.73 Å². The van der Waals surface area contributed by atoms with Gasteiger partial charge in [-0.3, -0.25) is 0 Å². The molecule has 0 saturated heterocycles. The van der Waals surface area contributed by atoms with Crippen LogP contribution in [0, 0.1) is 6.92 Å². The van der Waals surface area contributed by atoms with E-state index in [1.165, 1.54) is 10.5 Å². The Bertz CT molecular complexity index is 529. The number of aryl methyl sites for hydroxylation is 1. The van der Waals surface area contributed by atoms with Crippen LogP contribution in [0.1, 0.15) is 5.56 Å². The summed E-state index contributed by atoms with van der Waals surface area (Å²) in [4.78, 5) is 2.32. The maximum Gasteiger partial charge on any atom is 0.0461 e. The molecule has 0 bridgehead atoms. The molecule has 0 fully saturated rings. The Balaban J connectivity index is 2.12. The van der Waals surface area contributed by atoms with Crippen molar-refractivity contribution in [2.24, 2.45) is 0 Å². The molecule has 0 amide bonds. The Morgan fingerprint density at radius 2 is 1.71 bits per heavy atom. The molecule has 0 aliphatic rings. The number of anilines is 1. The lowest BCUT2D eigenvalue weighted by atomic mass is 10.2. The molecule has 0 aliphatic heterocycles. The quantitative estimate of drug-likeness (QED) is 0.625. The minimum Gasteiger partial charge on any atom is -0.398 e. The molecule has 0 atom stereocenters. The Labute approximate surface area is 118 Å². The third-order valence-corrected chi connectivity index (χ3v) is 5.66. The number of benzene rings is 2.